The molecule has 1 aromatic rings. The van der Waals surface area contributed by atoms with E-state index in [-0.39, 0.29) is 6.61 Å². The number of carbonyl (C=O) groups is 2. The third kappa shape index (κ3) is 3.31. The van der Waals surface area contributed by atoms with Crippen LogP contribution < -0.4 is 0 Å². The van der Waals surface area contributed by atoms with Crippen LogP contribution in [0, 0.1) is 11.3 Å². The van der Waals surface area contributed by atoms with Gasteiger partial charge in [0.1, 0.15) is 18.7 Å². The van der Waals surface area contributed by atoms with Crippen LogP contribution in [0.1, 0.15) is 18.4 Å². The lowest BCUT2D eigenvalue weighted by Gasteiger charge is -2.24. The normalized spacial score (nSPS) is 20.7. The number of hydrogen-bond acceptors (Lipinski definition) is 5. The Morgan fingerprint density at radius 1 is 1.33 bits per heavy atom. The highest BCUT2D eigenvalue weighted by Gasteiger charge is 2.42. The molecule has 1 saturated heterocycles. The molecule has 2 atom stereocenters. The molecule has 0 unspecified atom stereocenters. The topological polar surface area (TPSA) is 79.6 Å². The maximum atomic E-state index is 12.2. The van der Waals surface area contributed by atoms with Crippen molar-refractivity contribution in [3.05, 3.63) is 35.9 Å². The van der Waals surface area contributed by atoms with E-state index in [4.69, 9.17) is 10.00 Å². The van der Waals surface area contributed by atoms with Gasteiger partial charge in [-0.05, 0) is 18.4 Å². The van der Waals surface area contributed by atoms with Gasteiger partial charge in [0.25, 0.3) is 0 Å². The summed E-state index contributed by atoms with van der Waals surface area (Å²) >= 11 is 0. The van der Waals surface area contributed by atoms with Gasteiger partial charge in [-0.25, -0.2) is 9.59 Å². The lowest BCUT2D eigenvalue weighted by atomic mass is 10.2. The molecular formula is C15H16N2O4. The molecule has 1 aliphatic heterocycles. The molecule has 1 fully saturated rings. The Morgan fingerprint density at radius 2 is 2.05 bits per heavy atom. The second-order valence-corrected chi connectivity index (χ2v) is 4.71. The van der Waals surface area contributed by atoms with Crippen LogP contribution >= 0.6 is 0 Å². The van der Waals surface area contributed by atoms with E-state index in [0.29, 0.717) is 12.8 Å². The first-order valence-corrected chi connectivity index (χ1v) is 6.64. The van der Waals surface area contributed by atoms with Gasteiger partial charge in [0.15, 0.2) is 0 Å². The molecule has 1 heterocycles. The van der Waals surface area contributed by atoms with Crippen molar-refractivity contribution in [2.24, 2.45) is 0 Å². The minimum atomic E-state index is -0.747. The second kappa shape index (κ2) is 6.75. The molecule has 0 aromatic heterocycles. The van der Waals surface area contributed by atoms with E-state index in [1.807, 2.05) is 36.4 Å². The van der Waals surface area contributed by atoms with Crippen LogP contribution in [0.25, 0.3) is 0 Å². The number of ether oxygens (including phenoxy) is 2. The molecule has 0 spiro atoms. The van der Waals surface area contributed by atoms with E-state index in [1.165, 1.54) is 12.0 Å². The number of methoxy groups -OCH3 is 1. The Labute approximate surface area is 122 Å². The van der Waals surface area contributed by atoms with Crippen LogP contribution in [0.4, 0.5) is 4.79 Å². The maximum absolute atomic E-state index is 12.2. The fraction of sp³-hybridized carbons (Fsp3) is 0.400. The van der Waals surface area contributed by atoms with Gasteiger partial charge in [0, 0.05) is 0 Å². The predicted octanol–water partition coefficient (Wildman–Crippen LogP) is 1.85. The Hall–Kier alpha value is -2.55. The lowest BCUT2D eigenvalue weighted by Crippen LogP contribution is -2.45. The third-order valence-electron chi connectivity index (χ3n) is 3.42. The Balaban J connectivity index is 2.04. The monoisotopic (exact) mass is 288 g/mol. The number of rotatable bonds is 3. The SMILES string of the molecule is COC(=O)[C@H]1CC[C@H](C#N)N1C(=O)OCc1ccccc1. The summed E-state index contributed by atoms with van der Waals surface area (Å²) in [5.41, 5.74) is 0.841. The summed E-state index contributed by atoms with van der Waals surface area (Å²) < 4.78 is 9.87. The molecule has 0 saturated carbocycles. The van der Waals surface area contributed by atoms with Crippen molar-refractivity contribution < 1.29 is 19.1 Å². The molecule has 1 aliphatic rings. The number of nitriles is 1. The molecule has 21 heavy (non-hydrogen) atoms. The fourth-order valence-electron chi connectivity index (χ4n) is 2.35. The Kier molecular flexibility index (Phi) is 4.77. The smallest absolute Gasteiger partial charge is 0.411 e. The zero-order valence-corrected chi connectivity index (χ0v) is 11.7. The van der Waals surface area contributed by atoms with Gasteiger partial charge in [-0.3, -0.25) is 4.90 Å². The van der Waals surface area contributed by atoms with Crippen LogP contribution in [0.3, 0.4) is 0 Å². The highest BCUT2D eigenvalue weighted by atomic mass is 16.6. The van der Waals surface area contributed by atoms with E-state index >= 15 is 0 Å². The Bertz CT molecular complexity index is 553. The van der Waals surface area contributed by atoms with Crippen molar-refractivity contribution in [2.45, 2.75) is 31.5 Å². The van der Waals surface area contributed by atoms with E-state index in [1.54, 1.807) is 0 Å². The summed E-state index contributed by atoms with van der Waals surface area (Å²) in [4.78, 5) is 25.0. The van der Waals surface area contributed by atoms with Gasteiger partial charge in [-0.2, -0.15) is 5.26 Å². The number of benzene rings is 1. The first-order chi connectivity index (χ1) is 10.2. The van der Waals surface area contributed by atoms with E-state index in [9.17, 15) is 9.59 Å². The zero-order valence-electron chi connectivity index (χ0n) is 11.7. The molecule has 6 heteroatoms. The number of nitrogens with zero attached hydrogens (tertiary/aromatic N) is 2. The van der Waals surface area contributed by atoms with Gasteiger partial charge >= 0.3 is 12.1 Å². The third-order valence-corrected chi connectivity index (χ3v) is 3.42. The van der Waals surface area contributed by atoms with Gasteiger partial charge in [0.2, 0.25) is 0 Å². The molecule has 0 radical (unpaired) electrons. The molecule has 2 rings (SSSR count). The van der Waals surface area contributed by atoms with Gasteiger partial charge in [-0.15, -0.1) is 0 Å². The second-order valence-electron chi connectivity index (χ2n) is 4.71. The van der Waals surface area contributed by atoms with Gasteiger partial charge < -0.3 is 9.47 Å². The summed E-state index contributed by atoms with van der Waals surface area (Å²) in [5.74, 6) is -0.524. The molecule has 0 N–H and O–H groups in total. The number of carbonyl (C=O) groups excluding carboxylic acids is 2. The van der Waals surface area contributed by atoms with Crippen LogP contribution in [0.5, 0.6) is 0 Å². The van der Waals surface area contributed by atoms with E-state index in [0.717, 1.165) is 5.56 Å². The van der Waals surface area contributed by atoms with Crippen molar-refractivity contribution >= 4 is 12.1 Å². The van der Waals surface area contributed by atoms with Crippen LogP contribution in [-0.2, 0) is 20.9 Å². The summed E-state index contributed by atoms with van der Waals surface area (Å²) in [6.45, 7) is 0.0994. The molecule has 1 aromatic carbocycles. The first kappa shape index (κ1) is 14.9. The molecule has 0 aliphatic carbocycles. The van der Waals surface area contributed by atoms with Crippen LogP contribution in [0.2, 0.25) is 0 Å². The first-order valence-electron chi connectivity index (χ1n) is 6.64. The van der Waals surface area contributed by atoms with Gasteiger partial charge in [-0.1, -0.05) is 30.3 Å². The average Bonchev–Trinajstić information content (AvgIpc) is 2.96. The quantitative estimate of drug-likeness (QED) is 0.793. The standard InChI is InChI=1S/C15H16N2O4/c1-20-14(18)13-8-7-12(9-16)17(13)15(19)21-10-11-5-3-2-4-6-11/h2-6,12-13H,7-8,10H2,1H3/t12-,13-/m1/s1. The Morgan fingerprint density at radius 3 is 2.67 bits per heavy atom. The molecule has 1 amide bonds. The number of esters is 1. The summed E-state index contributed by atoms with van der Waals surface area (Å²) in [5, 5.41) is 9.09. The maximum Gasteiger partial charge on any atom is 0.411 e. The largest absolute Gasteiger partial charge is 0.467 e. The van der Waals surface area contributed by atoms with Gasteiger partial charge in [0.05, 0.1) is 13.2 Å². The molecule has 110 valence electrons. The van der Waals surface area contributed by atoms with E-state index < -0.39 is 24.1 Å². The fourth-order valence-corrected chi connectivity index (χ4v) is 2.35. The van der Waals surface area contributed by atoms with Crippen LogP contribution in [-0.4, -0.2) is 36.2 Å². The molecular weight excluding hydrogens is 272 g/mol. The number of amides is 1. The van der Waals surface area contributed by atoms with Crippen LogP contribution in [0.15, 0.2) is 30.3 Å². The summed E-state index contributed by atoms with van der Waals surface area (Å²) in [6.07, 6.45) is 0.181. The van der Waals surface area contributed by atoms with Crippen molar-refractivity contribution in [1.29, 1.82) is 5.26 Å². The van der Waals surface area contributed by atoms with Crippen molar-refractivity contribution in [3.8, 4) is 6.07 Å². The number of hydrogen-bond donors (Lipinski definition) is 0. The minimum Gasteiger partial charge on any atom is -0.467 e. The zero-order chi connectivity index (χ0) is 15.2. The van der Waals surface area contributed by atoms with Crippen molar-refractivity contribution in [2.75, 3.05) is 7.11 Å². The van der Waals surface area contributed by atoms with Crippen molar-refractivity contribution in [3.63, 3.8) is 0 Å². The predicted molar refractivity (Wildman–Crippen MR) is 72.9 cm³/mol. The highest BCUT2D eigenvalue weighted by Crippen LogP contribution is 2.25. The van der Waals surface area contributed by atoms with E-state index in [2.05, 4.69) is 4.74 Å². The molecule has 0 bridgehead atoms. The summed E-state index contributed by atoms with van der Waals surface area (Å²) in [6, 6.07) is 9.83. The minimum absolute atomic E-state index is 0.0994. The molecule has 6 nitrogen and oxygen atoms in total. The van der Waals surface area contributed by atoms with Crippen molar-refractivity contribution in [1.82, 2.24) is 4.90 Å². The summed E-state index contributed by atoms with van der Waals surface area (Å²) in [7, 11) is 1.26. The highest BCUT2D eigenvalue weighted by molar-refractivity contribution is 5.82. The average molecular weight is 288 g/mol. The number of likely N-dealkylation sites (tertiary alicyclic amines) is 1. The lowest BCUT2D eigenvalue weighted by molar-refractivity contribution is -0.145.